The Kier molecular flexibility index (Phi) is 8.38. The number of carbonyl (C=O) groups excluding carboxylic acids is 2. The van der Waals surface area contributed by atoms with Crippen molar-refractivity contribution in [1.82, 2.24) is 14.8 Å². The zero-order chi connectivity index (χ0) is 30.5. The summed E-state index contributed by atoms with van der Waals surface area (Å²) >= 11 is 0. The number of nitrogens with one attached hydrogen (secondary N) is 2. The summed E-state index contributed by atoms with van der Waals surface area (Å²) in [6.45, 7) is 3.72. The van der Waals surface area contributed by atoms with Gasteiger partial charge in [-0.3, -0.25) is 19.1 Å². The van der Waals surface area contributed by atoms with Crippen LogP contribution >= 0.6 is 0 Å². The fourth-order valence-corrected chi connectivity index (χ4v) is 4.72. The Morgan fingerprint density at radius 3 is 2.37 bits per heavy atom. The first kappa shape index (κ1) is 28.9. The number of benzene rings is 4. The number of amides is 2. The van der Waals surface area contributed by atoms with E-state index in [4.69, 9.17) is 9.47 Å². The third-order valence-electron chi connectivity index (χ3n) is 7.17. The topological polar surface area (TPSA) is 116 Å². The molecule has 10 nitrogen and oxygen atoms in total. The van der Waals surface area contributed by atoms with Crippen LogP contribution in [0.1, 0.15) is 23.7 Å². The predicted molar refractivity (Wildman–Crippen MR) is 166 cm³/mol. The van der Waals surface area contributed by atoms with Crippen molar-refractivity contribution in [2.45, 2.75) is 20.5 Å². The summed E-state index contributed by atoms with van der Waals surface area (Å²) in [6.07, 6.45) is 0. The van der Waals surface area contributed by atoms with Crippen LogP contribution in [-0.4, -0.2) is 34.0 Å². The maximum Gasteiger partial charge on any atom is 0.329 e. The third kappa shape index (κ3) is 6.03. The number of nitrogens with zero attached hydrogens (tertiary/aromatic N) is 3. The summed E-state index contributed by atoms with van der Waals surface area (Å²) in [5, 5.41) is 8.76. The number of para-hydroxylation sites is 1. The van der Waals surface area contributed by atoms with Gasteiger partial charge in [-0.25, -0.2) is 10.1 Å². The van der Waals surface area contributed by atoms with Gasteiger partial charge in [0.05, 0.1) is 24.2 Å². The molecular weight excluding hydrogens is 546 g/mol. The first-order valence-electron chi connectivity index (χ1n) is 13.6. The highest BCUT2D eigenvalue weighted by molar-refractivity contribution is 6.39. The summed E-state index contributed by atoms with van der Waals surface area (Å²) in [7, 11) is 3.24. The standard InChI is InChI=1S/C33H31N5O5/c1-21(24-17-18-28(29(19-24)42-4)43-20-25-13-10-12-23-11-8-9-16-27(23)25)35-36-32(40)31(39)34-30-22(2)37(3)38(33(30)41)26-14-6-5-7-15-26/h5-19H,20H2,1-4H3,(H,34,39)(H,36,40). The molecule has 0 atom stereocenters. The minimum Gasteiger partial charge on any atom is -0.493 e. The predicted octanol–water partition coefficient (Wildman–Crippen LogP) is 4.70. The van der Waals surface area contributed by atoms with E-state index < -0.39 is 17.4 Å². The molecule has 5 aromatic rings. The molecule has 0 saturated carbocycles. The van der Waals surface area contributed by atoms with E-state index in [9.17, 15) is 14.4 Å². The van der Waals surface area contributed by atoms with E-state index in [-0.39, 0.29) is 5.69 Å². The van der Waals surface area contributed by atoms with Crippen LogP contribution in [0.15, 0.2) is 101 Å². The van der Waals surface area contributed by atoms with Crippen molar-refractivity contribution < 1.29 is 19.1 Å². The van der Waals surface area contributed by atoms with Crippen molar-refractivity contribution in [1.29, 1.82) is 0 Å². The van der Waals surface area contributed by atoms with Crippen LogP contribution in [0.3, 0.4) is 0 Å². The zero-order valence-electron chi connectivity index (χ0n) is 24.3. The van der Waals surface area contributed by atoms with Crippen LogP contribution < -0.4 is 25.8 Å². The van der Waals surface area contributed by atoms with Crippen LogP contribution in [0.25, 0.3) is 16.5 Å². The lowest BCUT2D eigenvalue weighted by molar-refractivity contribution is -0.136. The Labute approximate surface area is 248 Å². The van der Waals surface area contributed by atoms with Gasteiger partial charge in [0.2, 0.25) is 0 Å². The smallest absolute Gasteiger partial charge is 0.329 e. The number of aromatic nitrogens is 2. The average Bonchev–Trinajstić information content (AvgIpc) is 3.25. The van der Waals surface area contributed by atoms with Gasteiger partial charge in [-0.2, -0.15) is 5.10 Å². The molecule has 10 heteroatoms. The molecule has 4 aromatic carbocycles. The number of hydrogen-bond donors (Lipinski definition) is 2. The summed E-state index contributed by atoms with van der Waals surface area (Å²) in [6, 6.07) is 28.5. The van der Waals surface area contributed by atoms with Crippen LogP contribution in [0.2, 0.25) is 0 Å². The first-order chi connectivity index (χ1) is 20.8. The number of methoxy groups -OCH3 is 1. The van der Waals surface area contributed by atoms with E-state index in [0.717, 1.165) is 16.3 Å². The maximum atomic E-state index is 13.0. The maximum absolute atomic E-state index is 13.0. The number of carbonyl (C=O) groups is 2. The summed E-state index contributed by atoms with van der Waals surface area (Å²) in [5.41, 5.74) is 5.06. The number of ether oxygens (including phenoxy) is 2. The fraction of sp³-hybridized carbons (Fsp3) is 0.152. The van der Waals surface area contributed by atoms with Crippen molar-refractivity contribution in [2.24, 2.45) is 12.1 Å². The first-order valence-corrected chi connectivity index (χ1v) is 13.6. The third-order valence-corrected chi connectivity index (χ3v) is 7.17. The normalized spacial score (nSPS) is 11.3. The van der Waals surface area contributed by atoms with Gasteiger partial charge in [0, 0.05) is 12.6 Å². The second kappa shape index (κ2) is 12.5. The quantitative estimate of drug-likeness (QED) is 0.158. The Bertz CT molecular complexity index is 1900. The average molecular weight is 578 g/mol. The van der Waals surface area contributed by atoms with Gasteiger partial charge in [0.1, 0.15) is 12.3 Å². The van der Waals surface area contributed by atoms with E-state index in [1.54, 1.807) is 75.2 Å². The van der Waals surface area contributed by atoms with E-state index in [1.807, 2.05) is 30.3 Å². The summed E-state index contributed by atoms with van der Waals surface area (Å²) in [4.78, 5) is 38.3. The van der Waals surface area contributed by atoms with Gasteiger partial charge in [0.25, 0.3) is 5.56 Å². The summed E-state index contributed by atoms with van der Waals surface area (Å²) < 4.78 is 14.6. The molecule has 0 aliphatic heterocycles. The van der Waals surface area contributed by atoms with Gasteiger partial charge in [-0.1, -0.05) is 60.7 Å². The molecule has 0 saturated heterocycles. The zero-order valence-corrected chi connectivity index (χ0v) is 24.3. The van der Waals surface area contributed by atoms with Gasteiger partial charge < -0.3 is 14.8 Å². The second-order valence-corrected chi connectivity index (χ2v) is 9.82. The molecule has 0 aliphatic rings. The van der Waals surface area contributed by atoms with Crippen LogP contribution in [0, 0.1) is 6.92 Å². The molecule has 1 aromatic heterocycles. The number of anilines is 1. The van der Waals surface area contributed by atoms with Crippen molar-refractivity contribution in [3.63, 3.8) is 0 Å². The van der Waals surface area contributed by atoms with E-state index in [0.29, 0.717) is 40.8 Å². The van der Waals surface area contributed by atoms with Crippen LogP contribution in [0.4, 0.5) is 5.69 Å². The highest BCUT2D eigenvalue weighted by Crippen LogP contribution is 2.30. The van der Waals surface area contributed by atoms with Gasteiger partial charge in [-0.05, 0) is 60.5 Å². The van der Waals surface area contributed by atoms with Gasteiger partial charge >= 0.3 is 11.8 Å². The number of hydrogen-bond acceptors (Lipinski definition) is 6. The SMILES string of the molecule is COc1cc(C(C)=NNC(=O)C(=O)Nc2c(C)n(C)n(-c3ccccc3)c2=O)ccc1OCc1cccc2ccccc12. The number of fused-ring (bicyclic) bond motifs is 1. The highest BCUT2D eigenvalue weighted by Gasteiger charge is 2.21. The molecule has 2 N–H and O–H groups in total. The Balaban J connectivity index is 1.25. The molecule has 218 valence electrons. The highest BCUT2D eigenvalue weighted by atomic mass is 16.5. The molecular formula is C33H31N5O5. The van der Waals surface area contributed by atoms with Crippen molar-refractivity contribution in [3.8, 4) is 17.2 Å². The van der Waals surface area contributed by atoms with Crippen molar-refractivity contribution in [2.75, 3.05) is 12.4 Å². The summed E-state index contributed by atoms with van der Waals surface area (Å²) in [5.74, 6) is -0.993. The largest absolute Gasteiger partial charge is 0.493 e. The minimum atomic E-state index is -1.02. The molecule has 0 bridgehead atoms. The minimum absolute atomic E-state index is 0.0102. The molecule has 0 aliphatic carbocycles. The second-order valence-electron chi connectivity index (χ2n) is 9.82. The molecule has 0 radical (unpaired) electrons. The van der Waals surface area contributed by atoms with Crippen LogP contribution in [0.5, 0.6) is 11.5 Å². The number of rotatable bonds is 8. The van der Waals surface area contributed by atoms with Crippen molar-refractivity contribution in [3.05, 3.63) is 118 Å². The van der Waals surface area contributed by atoms with E-state index in [2.05, 4.69) is 34.0 Å². The fourth-order valence-electron chi connectivity index (χ4n) is 4.72. The lowest BCUT2D eigenvalue weighted by Gasteiger charge is -2.13. The van der Waals surface area contributed by atoms with Crippen LogP contribution in [-0.2, 0) is 23.2 Å². The molecule has 0 unspecified atom stereocenters. The Hall–Kier alpha value is -5.64. The Morgan fingerprint density at radius 1 is 0.884 bits per heavy atom. The lowest BCUT2D eigenvalue weighted by Crippen LogP contribution is -2.34. The van der Waals surface area contributed by atoms with Gasteiger partial charge in [-0.15, -0.1) is 0 Å². The van der Waals surface area contributed by atoms with E-state index in [1.165, 1.54) is 4.68 Å². The Morgan fingerprint density at radius 2 is 1.60 bits per heavy atom. The molecule has 1 heterocycles. The molecule has 43 heavy (non-hydrogen) atoms. The van der Waals surface area contributed by atoms with E-state index >= 15 is 0 Å². The molecule has 0 fully saturated rings. The lowest BCUT2D eigenvalue weighted by atomic mass is 10.1. The molecule has 5 rings (SSSR count). The molecule has 0 spiro atoms. The monoisotopic (exact) mass is 577 g/mol. The van der Waals surface area contributed by atoms with Gasteiger partial charge in [0.15, 0.2) is 11.5 Å². The number of hydrazone groups is 1. The molecule has 2 amide bonds. The van der Waals surface area contributed by atoms with Crippen molar-refractivity contribution >= 4 is 34.0 Å².